The van der Waals surface area contributed by atoms with Crippen molar-refractivity contribution < 1.29 is 19.1 Å². The molecule has 0 unspecified atom stereocenters. The summed E-state index contributed by atoms with van der Waals surface area (Å²) < 4.78 is 5.39. The van der Waals surface area contributed by atoms with Crippen LogP contribution >= 0.6 is 24.0 Å². The summed E-state index contributed by atoms with van der Waals surface area (Å²) in [5.41, 5.74) is 0.684. The Bertz CT molecular complexity index is 696. The number of hydrogen-bond acceptors (Lipinski definition) is 7. The van der Waals surface area contributed by atoms with E-state index >= 15 is 0 Å². The van der Waals surface area contributed by atoms with E-state index in [1.807, 2.05) is 6.07 Å². The number of benzene rings is 1. The zero-order valence-corrected chi connectivity index (χ0v) is 14.1. The van der Waals surface area contributed by atoms with Crippen molar-refractivity contribution in [1.82, 2.24) is 10.2 Å². The molecule has 1 aromatic carbocycles. The number of carbonyl (C=O) groups excluding carboxylic acids is 3. The van der Waals surface area contributed by atoms with Crippen molar-refractivity contribution in [2.24, 2.45) is 0 Å². The van der Waals surface area contributed by atoms with Gasteiger partial charge in [-0.25, -0.2) is 4.79 Å². The van der Waals surface area contributed by atoms with Crippen LogP contribution in [0.2, 0.25) is 0 Å². The van der Waals surface area contributed by atoms with Crippen molar-refractivity contribution in [3.8, 4) is 6.07 Å². The van der Waals surface area contributed by atoms with E-state index in [0.717, 1.165) is 0 Å². The SMILES string of the molecule is N#Cc1ccc(C(=O)OCC(=O)NCCN2C(=O)CSC2=S)cc1. The first kappa shape index (κ1) is 17.9. The van der Waals surface area contributed by atoms with E-state index in [0.29, 0.717) is 22.2 Å². The van der Waals surface area contributed by atoms with Crippen LogP contribution in [0.5, 0.6) is 0 Å². The third-order valence-electron chi connectivity index (χ3n) is 3.08. The molecule has 0 atom stereocenters. The summed E-state index contributed by atoms with van der Waals surface area (Å²) in [5.74, 6) is -0.870. The van der Waals surface area contributed by atoms with Gasteiger partial charge in [-0.1, -0.05) is 24.0 Å². The molecule has 2 rings (SSSR count). The number of thioether (sulfide) groups is 1. The number of thiocarbonyl (C=S) groups is 1. The molecule has 9 heteroatoms. The van der Waals surface area contributed by atoms with Crippen LogP contribution in [0, 0.1) is 11.3 Å². The van der Waals surface area contributed by atoms with Crippen LogP contribution in [0.1, 0.15) is 15.9 Å². The number of nitrogens with zero attached hydrogens (tertiary/aromatic N) is 2. The molecule has 0 radical (unpaired) electrons. The number of ether oxygens (including phenoxy) is 1. The maximum atomic E-state index is 11.8. The molecule has 2 amide bonds. The lowest BCUT2D eigenvalue weighted by atomic mass is 10.1. The van der Waals surface area contributed by atoms with E-state index in [4.69, 9.17) is 22.2 Å². The van der Waals surface area contributed by atoms with Gasteiger partial charge in [0.2, 0.25) is 5.91 Å². The molecular formula is C15H13N3O4S2. The largest absolute Gasteiger partial charge is 0.452 e. The molecule has 1 fully saturated rings. The number of amides is 2. The first-order chi connectivity index (χ1) is 11.5. The van der Waals surface area contributed by atoms with Crippen molar-refractivity contribution in [1.29, 1.82) is 5.26 Å². The van der Waals surface area contributed by atoms with Gasteiger partial charge >= 0.3 is 5.97 Å². The summed E-state index contributed by atoms with van der Waals surface area (Å²) in [4.78, 5) is 36.3. The molecule has 0 spiro atoms. The van der Waals surface area contributed by atoms with Crippen LogP contribution < -0.4 is 5.32 Å². The molecule has 1 aliphatic heterocycles. The van der Waals surface area contributed by atoms with Crippen molar-refractivity contribution in [3.05, 3.63) is 35.4 Å². The van der Waals surface area contributed by atoms with E-state index in [1.165, 1.54) is 40.9 Å². The first-order valence-corrected chi connectivity index (χ1v) is 8.32. The molecule has 7 nitrogen and oxygen atoms in total. The highest BCUT2D eigenvalue weighted by Crippen LogP contribution is 2.18. The van der Waals surface area contributed by atoms with Crippen molar-refractivity contribution in [2.75, 3.05) is 25.4 Å². The Kier molecular flexibility index (Phi) is 6.28. The highest BCUT2D eigenvalue weighted by atomic mass is 32.2. The fourth-order valence-electron chi connectivity index (χ4n) is 1.85. The maximum absolute atomic E-state index is 11.8. The Hall–Kier alpha value is -2.44. The summed E-state index contributed by atoms with van der Waals surface area (Å²) in [6.07, 6.45) is 0. The third-order valence-corrected chi connectivity index (χ3v) is 4.51. The summed E-state index contributed by atoms with van der Waals surface area (Å²) >= 11 is 6.31. The monoisotopic (exact) mass is 363 g/mol. The van der Waals surface area contributed by atoms with Gasteiger partial charge in [-0.3, -0.25) is 14.5 Å². The van der Waals surface area contributed by atoms with E-state index in [2.05, 4.69) is 5.32 Å². The summed E-state index contributed by atoms with van der Waals surface area (Å²) in [5, 5.41) is 11.2. The van der Waals surface area contributed by atoms with Gasteiger partial charge in [0.1, 0.15) is 4.32 Å². The molecule has 124 valence electrons. The Morgan fingerprint density at radius 1 is 1.38 bits per heavy atom. The quantitative estimate of drug-likeness (QED) is 0.586. The standard InChI is InChI=1S/C15H13N3O4S2/c16-7-10-1-3-11(4-2-10)14(21)22-8-12(19)17-5-6-18-13(20)9-24-15(18)23/h1-4H,5-6,8-9H2,(H,17,19). The van der Waals surface area contributed by atoms with Crippen LogP contribution in [-0.4, -0.2) is 52.5 Å². The lowest BCUT2D eigenvalue weighted by Gasteiger charge is -2.15. The zero-order chi connectivity index (χ0) is 17.5. The highest BCUT2D eigenvalue weighted by molar-refractivity contribution is 8.23. The second kappa shape index (κ2) is 8.42. The molecule has 0 aromatic heterocycles. The lowest BCUT2D eigenvalue weighted by molar-refractivity contribution is -0.126. The Morgan fingerprint density at radius 3 is 2.67 bits per heavy atom. The fraction of sp³-hybridized carbons (Fsp3) is 0.267. The number of carbonyl (C=O) groups is 3. The molecular weight excluding hydrogens is 350 g/mol. The average Bonchev–Trinajstić information content (AvgIpc) is 2.91. The fourth-order valence-corrected chi connectivity index (χ4v) is 2.97. The van der Waals surface area contributed by atoms with E-state index in [-0.39, 0.29) is 18.0 Å². The highest BCUT2D eigenvalue weighted by Gasteiger charge is 2.25. The van der Waals surface area contributed by atoms with E-state index in [9.17, 15) is 14.4 Å². The minimum absolute atomic E-state index is 0.0773. The molecule has 1 aliphatic rings. The predicted octanol–water partition coefficient (Wildman–Crippen LogP) is 0.692. The van der Waals surface area contributed by atoms with Gasteiger partial charge in [0.15, 0.2) is 6.61 Å². The molecule has 1 N–H and O–H groups in total. The maximum Gasteiger partial charge on any atom is 0.338 e. The molecule has 0 bridgehead atoms. The van der Waals surface area contributed by atoms with Crippen LogP contribution in [0.3, 0.4) is 0 Å². The van der Waals surface area contributed by atoms with Gasteiger partial charge < -0.3 is 10.1 Å². The molecule has 1 heterocycles. The molecule has 24 heavy (non-hydrogen) atoms. The number of hydrogen-bond donors (Lipinski definition) is 1. The number of nitrogens with one attached hydrogen (secondary N) is 1. The third kappa shape index (κ3) is 4.78. The molecule has 0 aliphatic carbocycles. The minimum Gasteiger partial charge on any atom is -0.452 e. The minimum atomic E-state index is -0.651. The Morgan fingerprint density at radius 2 is 2.08 bits per heavy atom. The molecule has 0 saturated carbocycles. The Balaban J connectivity index is 1.70. The average molecular weight is 363 g/mol. The normalized spacial score (nSPS) is 13.5. The van der Waals surface area contributed by atoms with Gasteiger partial charge in [-0.05, 0) is 24.3 Å². The van der Waals surface area contributed by atoms with E-state index < -0.39 is 18.5 Å². The van der Waals surface area contributed by atoms with Crippen LogP contribution in [-0.2, 0) is 14.3 Å². The van der Waals surface area contributed by atoms with Gasteiger partial charge in [0.05, 0.1) is 22.9 Å². The van der Waals surface area contributed by atoms with Crippen LogP contribution in [0.15, 0.2) is 24.3 Å². The molecule has 1 saturated heterocycles. The van der Waals surface area contributed by atoms with Crippen molar-refractivity contribution in [2.45, 2.75) is 0 Å². The van der Waals surface area contributed by atoms with Crippen LogP contribution in [0.4, 0.5) is 0 Å². The number of nitriles is 1. The lowest BCUT2D eigenvalue weighted by Crippen LogP contribution is -2.38. The first-order valence-electron chi connectivity index (χ1n) is 6.92. The van der Waals surface area contributed by atoms with Crippen LogP contribution in [0.25, 0.3) is 0 Å². The van der Waals surface area contributed by atoms with Gasteiger partial charge in [-0.2, -0.15) is 5.26 Å². The second-order valence-corrected chi connectivity index (χ2v) is 6.32. The number of esters is 1. The number of rotatable bonds is 6. The zero-order valence-electron chi connectivity index (χ0n) is 12.5. The van der Waals surface area contributed by atoms with Gasteiger partial charge in [0.25, 0.3) is 5.91 Å². The summed E-state index contributed by atoms with van der Waals surface area (Å²) in [7, 11) is 0. The van der Waals surface area contributed by atoms with Crippen molar-refractivity contribution >= 4 is 46.1 Å². The van der Waals surface area contributed by atoms with Gasteiger partial charge in [-0.15, -0.1) is 0 Å². The predicted molar refractivity (Wildman–Crippen MR) is 91.2 cm³/mol. The van der Waals surface area contributed by atoms with Gasteiger partial charge in [0, 0.05) is 13.1 Å². The van der Waals surface area contributed by atoms with Crippen molar-refractivity contribution in [3.63, 3.8) is 0 Å². The second-order valence-electron chi connectivity index (χ2n) is 4.72. The summed E-state index contributed by atoms with van der Waals surface area (Å²) in [6, 6.07) is 7.83. The molecule has 1 aromatic rings. The smallest absolute Gasteiger partial charge is 0.338 e. The topological polar surface area (TPSA) is 99.5 Å². The Labute approximate surface area is 147 Å². The summed E-state index contributed by atoms with van der Waals surface area (Å²) in [6.45, 7) is 0.0889. The van der Waals surface area contributed by atoms with E-state index in [1.54, 1.807) is 0 Å².